The van der Waals surface area contributed by atoms with E-state index in [4.69, 9.17) is 27.4 Å². The van der Waals surface area contributed by atoms with Gasteiger partial charge in [-0.3, -0.25) is 14.9 Å². The van der Waals surface area contributed by atoms with Crippen LogP contribution in [-0.4, -0.2) is 41.6 Å². The summed E-state index contributed by atoms with van der Waals surface area (Å²) in [5.74, 6) is 0.216. The number of benzene rings is 1. The van der Waals surface area contributed by atoms with Crippen LogP contribution in [0.25, 0.3) is 0 Å². The molecule has 2 amide bonds. The third kappa shape index (κ3) is 6.41. The Bertz CT molecular complexity index is 911. The first kappa shape index (κ1) is 23.0. The fourth-order valence-corrected chi connectivity index (χ4v) is 4.60. The molecule has 1 aromatic heterocycles. The summed E-state index contributed by atoms with van der Waals surface area (Å²) in [4.78, 5) is 26.3. The molecule has 166 valence electrons. The lowest BCUT2D eigenvalue weighted by atomic mass is 9.94. The maximum atomic E-state index is 12.5. The van der Waals surface area contributed by atoms with Gasteiger partial charge in [0.2, 0.25) is 0 Å². The van der Waals surface area contributed by atoms with Gasteiger partial charge >= 0.3 is 0 Å². The lowest BCUT2D eigenvalue weighted by molar-refractivity contribution is -0.119. The van der Waals surface area contributed by atoms with Crippen molar-refractivity contribution in [2.75, 3.05) is 13.7 Å². The molecule has 0 radical (unpaired) electrons. The lowest BCUT2D eigenvalue weighted by Crippen LogP contribution is -2.48. The average Bonchev–Trinajstić information content (AvgIpc) is 3.32. The van der Waals surface area contributed by atoms with E-state index in [1.54, 1.807) is 19.2 Å². The van der Waals surface area contributed by atoms with E-state index in [0.717, 1.165) is 31.2 Å². The summed E-state index contributed by atoms with van der Waals surface area (Å²) >= 11 is 7.04. The zero-order chi connectivity index (χ0) is 22.2. The summed E-state index contributed by atoms with van der Waals surface area (Å²) in [5, 5.41) is 5.19. The fourth-order valence-electron chi connectivity index (χ4n) is 3.67. The molecule has 7 nitrogen and oxygen atoms in total. The molecule has 0 saturated heterocycles. The van der Waals surface area contributed by atoms with E-state index in [0.29, 0.717) is 28.0 Å². The third-order valence-corrected chi connectivity index (χ3v) is 6.40. The van der Waals surface area contributed by atoms with Crippen LogP contribution >= 0.6 is 23.6 Å². The molecule has 1 aliphatic carbocycles. The van der Waals surface area contributed by atoms with Gasteiger partial charge in [0, 0.05) is 12.6 Å². The Kier molecular flexibility index (Phi) is 8.25. The van der Waals surface area contributed by atoms with Gasteiger partial charge in [0.1, 0.15) is 0 Å². The summed E-state index contributed by atoms with van der Waals surface area (Å²) in [6, 6.07) is 9.40. The van der Waals surface area contributed by atoms with Gasteiger partial charge in [-0.05, 0) is 54.2 Å². The molecule has 9 heteroatoms. The van der Waals surface area contributed by atoms with E-state index in [1.165, 1.54) is 17.8 Å². The number of nitrogens with zero attached hydrogens (tertiary/aromatic N) is 1. The summed E-state index contributed by atoms with van der Waals surface area (Å²) < 4.78 is 10.8. The van der Waals surface area contributed by atoms with Crippen molar-refractivity contribution >= 4 is 40.5 Å². The topological polar surface area (TPSA) is 93.9 Å². The highest BCUT2D eigenvalue weighted by atomic mass is 32.1. The number of rotatable bonds is 8. The number of methoxy groups -OCH3 is 1. The van der Waals surface area contributed by atoms with Gasteiger partial charge in [0.15, 0.2) is 23.2 Å². The Morgan fingerprint density at radius 3 is 2.65 bits per heavy atom. The minimum atomic E-state index is -0.554. The number of hydrogen-bond acceptors (Lipinski definition) is 6. The monoisotopic (exact) mass is 461 g/mol. The molecule has 1 aromatic carbocycles. The SMILES string of the molecule is COc1cc(CN(C(=S)NC(=O)c2cccs2)C2CCCCC2)ccc1OCC(N)=O. The van der Waals surface area contributed by atoms with E-state index >= 15 is 0 Å². The minimum absolute atomic E-state index is 0.186. The van der Waals surface area contributed by atoms with Crippen LogP contribution in [0.4, 0.5) is 0 Å². The number of primary amides is 1. The number of amides is 2. The van der Waals surface area contributed by atoms with E-state index in [-0.39, 0.29) is 18.6 Å². The molecule has 0 aliphatic heterocycles. The van der Waals surface area contributed by atoms with Crippen LogP contribution in [0.1, 0.15) is 47.3 Å². The number of carbonyl (C=O) groups is 2. The molecule has 3 rings (SSSR count). The molecule has 3 N–H and O–H groups in total. The molecule has 0 unspecified atom stereocenters. The molecule has 31 heavy (non-hydrogen) atoms. The molecular formula is C22H27N3O4S2. The van der Waals surface area contributed by atoms with Gasteiger partial charge in [0.05, 0.1) is 12.0 Å². The van der Waals surface area contributed by atoms with Crippen molar-refractivity contribution in [3.05, 3.63) is 46.2 Å². The summed E-state index contributed by atoms with van der Waals surface area (Å²) in [6.45, 7) is 0.309. The Balaban J connectivity index is 1.77. The second-order valence-corrected chi connectivity index (χ2v) is 8.73. The second kappa shape index (κ2) is 11.1. The van der Waals surface area contributed by atoms with Gasteiger partial charge in [-0.25, -0.2) is 0 Å². The van der Waals surface area contributed by atoms with Crippen molar-refractivity contribution in [2.45, 2.75) is 44.7 Å². The Morgan fingerprint density at radius 1 is 1.23 bits per heavy atom. The van der Waals surface area contributed by atoms with Crippen LogP contribution in [-0.2, 0) is 11.3 Å². The van der Waals surface area contributed by atoms with Crippen LogP contribution < -0.4 is 20.5 Å². The van der Waals surface area contributed by atoms with Crippen LogP contribution in [0.3, 0.4) is 0 Å². The zero-order valence-corrected chi connectivity index (χ0v) is 19.1. The zero-order valence-electron chi connectivity index (χ0n) is 17.5. The van der Waals surface area contributed by atoms with Crippen molar-refractivity contribution in [1.82, 2.24) is 10.2 Å². The van der Waals surface area contributed by atoms with Gasteiger partial charge < -0.3 is 20.1 Å². The molecule has 1 heterocycles. The predicted molar refractivity (Wildman–Crippen MR) is 124 cm³/mol. The molecule has 1 fully saturated rings. The molecule has 1 saturated carbocycles. The van der Waals surface area contributed by atoms with Gasteiger partial charge in [-0.2, -0.15) is 0 Å². The number of thiophene rings is 1. The Morgan fingerprint density at radius 2 is 2.00 bits per heavy atom. The number of nitrogens with two attached hydrogens (primary N) is 1. The first-order valence-corrected chi connectivity index (χ1v) is 11.5. The van der Waals surface area contributed by atoms with Crippen molar-refractivity contribution < 1.29 is 19.1 Å². The number of ether oxygens (including phenoxy) is 2. The normalized spacial score (nSPS) is 14.0. The van der Waals surface area contributed by atoms with Crippen LogP contribution in [0.2, 0.25) is 0 Å². The van der Waals surface area contributed by atoms with E-state index < -0.39 is 5.91 Å². The molecular weight excluding hydrogens is 434 g/mol. The number of nitrogens with one attached hydrogen (secondary N) is 1. The van der Waals surface area contributed by atoms with Crippen molar-refractivity contribution in [2.24, 2.45) is 5.73 Å². The van der Waals surface area contributed by atoms with Gasteiger partial charge in [0.25, 0.3) is 11.8 Å². The summed E-state index contributed by atoms with van der Waals surface area (Å²) in [6.07, 6.45) is 5.58. The van der Waals surface area contributed by atoms with Crippen LogP contribution in [0.15, 0.2) is 35.7 Å². The largest absolute Gasteiger partial charge is 0.493 e. The smallest absolute Gasteiger partial charge is 0.267 e. The Hall–Kier alpha value is -2.65. The Labute approximate surface area is 191 Å². The van der Waals surface area contributed by atoms with Gasteiger partial charge in [-0.15, -0.1) is 11.3 Å². The maximum absolute atomic E-state index is 12.5. The van der Waals surface area contributed by atoms with Crippen molar-refractivity contribution in [3.63, 3.8) is 0 Å². The summed E-state index contributed by atoms with van der Waals surface area (Å²) in [7, 11) is 1.54. The second-order valence-electron chi connectivity index (χ2n) is 7.40. The molecule has 0 bridgehead atoms. The highest BCUT2D eigenvalue weighted by molar-refractivity contribution is 7.80. The highest BCUT2D eigenvalue weighted by Crippen LogP contribution is 2.30. The van der Waals surface area contributed by atoms with E-state index in [9.17, 15) is 9.59 Å². The third-order valence-electron chi connectivity index (χ3n) is 5.19. The summed E-state index contributed by atoms with van der Waals surface area (Å²) in [5.41, 5.74) is 6.12. The van der Waals surface area contributed by atoms with Crippen LogP contribution in [0, 0.1) is 0 Å². The number of thiocarbonyl (C=S) groups is 1. The predicted octanol–water partition coefficient (Wildman–Crippen LogP) is 3.47. The molecule has 0 spiro atoms. The highest BCUT2D eigenvalue weighted by Gasteiger charge is 2.25. The maximum Gasteiger partial charge on any atom is 0.267 e. The standard InChI is InChI=1S/C22H27N3O4S2/c1-28-18-12-15(9-10-17(18)29-14-20(23)26)13-25(16-6-3-2-4-7-16)22(30)24-21(27)19-8-5-11-31-19/h5,8-12,16H,2-4,6-7,13-14H2,1H3,(H2,23,26)(H,24,27,30). The molecule has 1 aliphatic rings. The van der Waals surface area contributed by atoms with Gasteiger partial charge in [-0.1, -0.05) is 31.4 Å². The number of hydrogen-bond donors (Lipinski definition) is 2. The van der Waals surface area contributed by atoms with E-state index in [1.807, 2.05) is 23.6 Å². The van der Waals surface area contributed by atoms with Crippen LogP contribution in [0.5, 0.6) is 11.5 Å². The molecule has 0 atom stereocenters. The first-order chi connectivity index (χ1) is 15.0. The number of carbonyl (C=O) groups excluding carboxylic acids is 2. The quantitative estimate of drug-likeness (QED) is 0.585. The van der Waals surface area contributed by atoms with Crippen molar-refractivity contribution in [3.8, 4) is 11.5 Å². The minimum Gasteiger partial charge on any atom is -0.493 e. The fraction of sp³-hybridized carbons (Fsp3) is 0.409. The van der Waals surface area contributed by atoms with Crippen molar-refractivity contribution in [1.29, 1.82) is 0 Å². The lowest BCUT2D eigenvalue weighted by Gasteiger charge is -2.36. The van der Waals surface area contributed by atoms with E-state index in [2.05, 4.69) is 10.2 Å². The molecule has 2 aromatic rings. The first-order valence-electron chi connectivity index (χ1n) is 10.2. The average molecular weight is 462 g/mol.